The highest BCUT2D eigenvalue weighted by Gasteiger charge is 2.27. The predicted octanol–water partition coefficient (Wildman–Crippen LogP) is 1.96. The van der Waals surface area contributed by atoms with Crippen LogP contribution in [0.3, 0.4) is 0 Å². The predicted molar refractivity (Wildman–Crippen MR) is 95.4 cm³/mol. The van der Waals surface area contributed by atoms with Crippen molar-refractivity contribution >= 4 is 21.8 Å². The van der Waals surface area contributed by atoms with Gasteiger partial charge in [0.15, 0.2) is 5.69 Å². The fraction of sp³-hybridized carbons (Fsp3) is 0.353. The summed E-state index contributed by atoms with van der Waals surface area (Å²) in [5.74, 6) is -0.776. The molecule has 3 rings (SSSR count). The lowest BCUT2D eigenvalue weighted by atomic mass is 10.2. The molecule has 1 aliphatic rings. The molecule has 2 aromatic rings. The molecule has 0 unspecified atom stereocenters. The summed E-state index contributed by atoms with van der Waals surface area (Å²) in [6, 6.07) is 6.86. The van der Waals surface area contributed by atoms with Gasteiger partial charge < -0.3 is 10.4 Å². The van der Waals surface area contributed by atoms with Crippen molar-refractivity contribution in [2.24, 2.45) is 0 Å². The molecule has 138 valence electrons. The van der Waals surface area contributed by atoms with Gasteiger partial charge in [-0.05, 0) is 24.5 Å². The van der Waals surface area contributed by atoms with Crippen LogP contribution in [0.1, 0.15) is 35.3 Å². The molecule has 1 aromatic carbocycles. The molecule has 9 heteroatoms. The Morgan fingerprint density at radius 2 is 1.85 bits per heavy atom. The van der Waals surface area contributed by atoms with Crippen molar-refractivity contribution in [1.82, 2.24) is 14.3 Å². The first-order chi connectivity index (χ1) is 12.5. The van der Waals surface area contributed by atoms with Gasteiger partial charge in [0.25, 0.3) is 0 Å². The summed E-state index contributed by atoms with van der Waals surface area (Å²) in [6.45, 7) is 1.34. The highest BCUT2D eigenvalue weighted by atomic mass is 32.2. The van der Waals surface area contributed by atoms with Crippen LogP contribution in [0.5, 0.6) is 0 Å². The number of piperidine rings is 1. The molecule has 1 aliphatic heterocycles. The Balaban J connectivity index is 1.77. The molecule has 0 saturated carbocycles. The third kappa shape index (κ3) is 4.00. The number of hydrogen-bond donors (Lipinski definition) is 2. The van der Waals surface area contributed by atoms with Crippen LogP contribution in [-0.2, 0) is 16.6 Å². The molecule has 26 heavy (non-hydrogen) atoms. The molecule has 2 heterocycles. The highest BCUT2D eigenvalue weighted by molar-refractivity contribution is 7.89. The van der Waals surface area contributed by atoms with Gasteiger partial charge in [0.1, 0.15) is 5.82 Å². The second-order valence-corrected chi connectivity index (χ2v) is 7.92. The van der Waals surface area contributed by atoms with Crippen LogP contribution < -0.4 is 5.32 Å². The minimum absolute atomic E-state index is 0.149. The van der Waals surface area contributed by atoms with Gasteiger partial charge in [0.05, 0.1) is 17.3 Å². The topological polar surface area (TPSA) is 112 Å². The van der Waals surface area contributed by atoms with E-state index in [0.29, 0.717) is 24.5 Å². The number of sulfonamides is 1. The minimum Gasteiger partial charge on any atom is -0.476 e. The lowest BCUT2D eigenvalue weighted by Crippen LogP contribution is -2.36. The van der Waals surface area contributed by atoms with Crippen molar-refractivity contribution in [2.75, 3.05) is 18.4 Å². The summed E-state index contributed by atoms with van der Waals surface area (Å²) in [4.78, 5) is 18.9. The Hall–Kier alpha value is -2.52. The first-order valence-electron chi connectivity index (χ1n) is 8.36. The van der Waals surface area contributed by atoms with Crippen molar-refractivity contribution in [3.63, 3.8) is 0 Å². The van der Waals surface area contributed by atoms with Gasteiger partial charge >= 0.3 is 5.97 Å². The SMILES string of the molecule is O=C(O)c1cnc(NCc2ccccc2S(=O)(=O)N2CCCCC2)cn1. The highest BCUT2D eigenvalue weighted by Crippen LogP contribution is 2.24. The van der Waals surface area contributed by atoms with E-state index in [0.717, 1.165) is 25.5 Å². The fourth-order valence-electron chi connectivity index (χ4n) is 2.86. The average Bonchev–Trinajstić information content (AvgIpc) is 2.67. The van der Waals surface area contributed by atoms with Crippen molar-refractivity contribution in [2.45, 2.75) is 30.7 Å². The van der Waals surface area contributed by atoms with E-state index in [4.69, 9.17) is 5.11 Å². The van der Waals surface area contributed by atoms with Gasteiger partial charge in [0, 0.05) is 19.6 Å². The molecule has 1 saturated heterocycles. The number of nitrogens with zero attached hydrogens (tertiary/aromatic N) is 3. The molecule has 1 fully saturated rings. The van der Waals surface area contributed by atoms with Gasteiger partial charge in [-0.1, -0.05) is 24.6 Å². The first-order valence-corrected chi connectivity index (χ1v) is 9.80. The molecule has 0 atom stereocenters. The van der Waals surface area contributed by atoms with Gasteiger partial charge in [-0.25, -0.2) is 23.2 Å². The number of aromatic nitrogens is 2. The van der Waals surface area contributed by atoms with E-state index < -0.39 is 16.0 Å². The van der Waals surface area contributed by atoms with Gasteiger partial charge in [-0.2, -0.15) is 4.31 Å². The van der Waals surface area contributed by atoms with Crippen molar-refractivity contribution < 1.29 is 18.3 Å². The first kappa shape index (κ1) is 18.3. The number of nitrogens with one attached hydrogen (secondary N) is 1. The molecule has 1 aromatic heterocycles. The maximum absolute atomic E-state index is 12.9. The van der Waals surface area contributed by atoms with E-state index in [9.17, 15) is 13.2 Å². The van der Waals surface area contributed by atoms with Crippen LogP contribution in [-0.4, -0.2) is 46.9 Å². The zero-order valence-electron chi connectivity index (χ0n) is 14.1. The summed E-state index contributed by atoms with van der Waals surface area (Å²) >= 11 is 0. The van der Waals surface area contributed by atoms with Crippen LogP contribution in [0, 0.1) is 0 Å². The lowest BCUT2D eigenvalue weighted by molar-refractivity contribution is 0.0690. The standard InChI is InChI=1S/C17H20N4O4S/c22-17(23)14-11-20-16(12-18-14)19-10-13-6-2-3-7-15(13)26(24,25)21-8-4-1-5-9-21/h2-3,6-7,11-12H,1,4-5,8-10H2,(H,19,20)(H,22,23). The van der Waals surface area contributed by atoms with E-state index in [1.165, 1.54) is 10.5 Å². The molecular formula is C17H20N4O4S. The van der Waals surface area contributed by atoms with Gasteiger partial charge in [0.2, 0.25) is 10.0 Å². The van der Waals surface area contributed by atoms with Crippen LogP contribution in [0.15, 0.2) is 41.6 Å². The number of carbonyl (C=O) groups is 1. The summed E-state index contributed by atoms with van der Waals surface area (Å²) in [5.41, 5.74) is 0.478. The quantitative estimate of drug-likeness (QED) is 0.792. The summed E-state index contributed by atoms with van der Waals surface area (Å²) in [5, 5.41) is 11.8. The molecule has 0 radical (unpaired) electrons. The normalized spacial score (nSPS) is 15.5. The minimum atomic E-state index is -3.54. The monoisotopic (exact) mass is 376 g/mol. The van der Waals surface area contributed by atoms with Crippen LogP contribution in [0.25, 0.3) is 0 Å². The van der Waals surface area contributed by atoms with E-state index in [1.807, 2.05) is 0 Å². The van der Waals surface area contributed by atoms with E-state index in [2.05, 4.69) is 15.3 Å². The van der Waals surface area contributed by atoms with Gasteiger partial charge in [-0.15, -0.1) is 0 Å². The van der Waals surface area contributed by atoms with Crippen LogP contribution in [0.4, 0.5) is 5.82 Å². The van der Waals surface area contributed by atoms with Crippen LogP contribution in [0.2, 0.25) is 0 Å². The second-order valence-electron chi connectivity index (χ2n) is 6.02. The third-order valence-electron chi connectivity index (χ3n) is 4.24. The number of hydrogen-bond acceptors (Lipinski definition) is 6. The Morgan fingerprint density at radius 3 is 2.50 bits per heavy atom. The maximum Gasteiger partial charge on any atom is 0.356 e. The molecule has 2 N–H and O–H groups in total. The Morgan fingerprint density at radius 1 is 1.12 bits per heavy atom. The fourth-order valence-corrected chi connectivity index (χ4v) is 4.60. The van der Waals surface area contributed by atoms with Crippen molar-refractivity contribution in [1.29, 1.82) is 0 Å². The third-order valence-corrected chi connectivity index (χ3v) is 6.24. The number of carboxylic acids is 1. The Kier molecular flexibility index (Phi) is 5.48. The van der Waals surface area contributed by atoms with Gasteiger partial charge in [-0.3, -0.25) is 0 Å². The number of aromatic carboxylic acids is 1. The molecule has 0 bridgehead atoms. The number of carboxylic acid groups (broad SMARTS) is 1. The zero-order chi connectivity index (χ0) is 18.6. The van der Waals surface area contributed by atoms with E-state index in [1.54, 1.807) is 24.3 Å². The number of anilines is 1. The number of rotatable bonds is 6. The maximum atomic E-state index is 12.9. The molecule has 0 amide bonds. The average molecular weight is 376 g/mol. The zero-order valence-corrected chi connectivity index (χ0v) is 14.9. The van der Waals surface area contributed by atoms with Crippen LogP contribution >= 0.6 is 0 Å². The molecule has 0 spiro atoms. The second kappa shape index (κ2) is 7.79. The molecule has 8 nitrogen and oxygen atoms in total. The summed E-state index contributed by atoms with van der Waals surface area (Å²) in [7, 11) is -3.54. The van der Waals surface area contributed by atoms with Crippen molar-refractivity contribution in [3.05, 3.63) is 47.9 Å². The number of benzene rings is 1. The Labute approximate surface area is 152 Å². The molecular weight excluding hydrogens is 356 g/mol. The smallest absolute Gasteiger partial charge is 0.356 e. The van der Waals surface area contributed by atoms with Crippen molar-refractivity contribution in [3.8, 4) is 0 Å². The molecule has 0 aliphatic carbocycles. The summed E-state index contributed by atoms with van der Waals surface area (Å²) < 4.78 is 27.4. The van der Waals surface area contributed by atoms with E-state index >= 15 is 0 Å². The lowest BCUT2D eigenvalue weighted by Gasteiger charge is -2.26. The Bertz CT molecular complexity index is 878. The van der Waals surface area contributed by atoms with E-state index in [-0.39, 0.29) is 17.1 Å². The summed E-state index contributed by atoms with van der Waals surface area (Å²) in [6.07, 6.45) is 5.28. The largest absolute Gasteiger partial charge is 0.476 e.